The molecule has 0 saturated heterocycles. The number of fused-ring (bicyclic) bond motifs is 1. The second kappa shape index (κ2) is 6.32. The molecule has 138 valence electrons. The van der Waals surface area contributed by atoms with E-state index in [1.165, 1.54) is 0 Å². The standard InChI is InChI=1S/C20H19ClN4O2/c1-11-4-5-12(8-14(11)21)25-10-17(26)18(19(25)22)20-23-15-9-13(27-3)6-7-16(15)24(20)2/h4-9,22,26H,10H2,1-3H3. The molecule has 2 heterocycles. The van der Waals surface area contributed by atoms with Crippen LogP contribution in [0.1, 0.15) is 11.4 Å². The van der Waals surface area contributed by atoms with Gasteiger partial charge >= 0.3 is 0 Å². The molecule has 1 aromatic heterocycles. The molecule has 2 aromatic carbocycles. The first-order chi connectivity index (χ1) is 12.9. The van der Waals surface area contributed by atoms with Crippen LogP contribution in [0.3, 0.4) is 0 Å². The fraction of sp³-hybridized carbons (Fsp3) is 0.200. The van der Waals surface area contributed by atoms with E-state index in [0.717, 1.165) is 22.3 Å². The van der Waals surface area contributed by atoms with E-state index in [-0.39, 0.29) is 18.1 Å². The summed E-state index contributed by atoms with van der Waals surface area (Å²) < 4.78 is 7.14. The molecule has 0 atom stereocenters. The molecule has 0 fully saturated rings. The van der Waals surface area contributed by atoms with E-state index in [4.69, 9.17) is 21.7 Å². The summed E-state index contributed by atoms with van der Waals surface area (Å²) in [5.41, 5.74) is 3.79. The number of methoxy groups -OCH3 is 1. The number of ether oxygens (including phenoxy) is 1. The van der Waals surface area contributed by atoms with E-state index < -0.39 is 0 Å². The summed E-state index contributed by atoms with van der Waals surface area (Å²) in [5, 5.41) is 19.9. The number of rotatable bonds is 3. The van der Waals surface area contributed by atoms with Gasteiger partial charge < -0.3 is 19.3 Å². The van der Waals surface area contributed by atoms with Crippen LogP contribution in [0.15, 0.2) is 42.2 Å². The minimum absolute atomic E-state index is 0.113. The number of benzene rings is 2. The van der Waals surface area contributed by atoms with Crippen LogP contribution in [0.2, 0.25) is 5.02 Å². The maximum absolute atomic E-state index is 10.6. The number of halogens is 1. The minimum atomic E-state index is 0.113. The number of hydrogen-bond donors (Lipinski definition) is 2. The Morgan fingerprint density at radius 1 is 1.22 bits per heavy atom. The molecule has 0 spiro atoms. The highest BCUT2D eigenvalue weighted by molar-refractivity contribution is 6.33. The molecular weight excluding hydrogens is 364 g/mol. The molecule has 27 heavy (non-hydrogen) atoms. The topological polar surface area (TPSA) is 74.4 Å². The molecule has 3 aromatic rings. The summed E-state index contributed by atoms with van der Waals surface area (Å²) >= 11 is 6.24. The molecule has 0 aliphatic carbocycles. The Morgan fingerprint density at radius 3 is 2.70 bits per heavy atom. The Bertz CT molecular complexity index is 1120. The van der Waals surface area contributed by atoms with Gasteiger partial charge in [-0.15, -0.1) is 0 Å². The van der Waals surface area contributed by atoms with Crippen LogP contribution in [-0.4, -0.2) is 34.1 Å². The van der Waals surface area contributed by atoms with E-state index in [2.05, 4.69) is 4.98 Å². The van der Waals surface area contributed by atoms with Crippen molar-refractivity contribution in [2.45, 2.75) is 6.92 Å². The molecule has 0 amide bonds. The lowest BCUT2D eigenvalue weighted by atomic mass is 10.2. The van der Waals surface area contributed by atoms with Gasteiger partial charge in [0.15, 0.2) is 0 Å². The van der Waals surface area contributed by atoms with Gasteiger partial charge in [-0.2, -0.15) is 0 Å². The first-order valence-corrected chi connectivity index (χ1v) is 8.84. The van der Waals surface area contributed by atoms with Gasteiger partial charge in [0.1, 0.15) is 23.2 Å². The quantitative estimate of drug-likeness (QED) is 0.707. The summed E-state index contributed by atoms with van der Waals surface area (Å²) in [5.74, 6) is 1.56. The molecule has 1 aliphatic heterocycles. The number of hydrogen-bond acceptors (Lipinski definition) is 4. The minimum Gasteiger partial charge on any atom is -0.509 e. The van der Waals surface area contributed by atoms with Crippen molar-refractivity contribution in [1.29, 1.82) is 5.41 Å². The molecular formula is C20H19ClN4O2. The number of aliphatic hydroxyl groups excluding tert-OH is 1. The van der Waals surface area contributed by atoms with Crippen LogP contribution in [0, 0.1) is 12.3 Å². The third kappa shape index (κ3) is 2.73. The molecule has 2 N–H and O–H groups in total. The van der Waals surface area contributed by atoms with Crippen molar-refractivity contribution in [2.24, 2.45) is 7.05 Å². The number of nitrogens with zero attached hydrogens (tertiary/aromatic N) is 3. The van der Waals surface area contributed by atoms with Crippen LogP contribution in [-0.2, 0) is 7.05 Å². The van der Waals surface area contributed by atoms with Gasteiger partial charge in [-0.05, 0) is 36.8 Å². The average molecular weight is 383 g/mol. The third-order valence-corrected chi connectivity index (χ3v) is 5.29. The van der Waals surface area contributed by atoms with E-state index in [1.54, 1.807) is 18.1 Å². The van der Waals surface area contributed by atoms with Crippen LogP contribution in [0.25, 0.3) is 16.6 Å². The summed E-state index contributed by atoms with van der Waals surface area (Å²) in [7, 11) is 3.48. The summed E-state index contributed by atoms with van der Waals surface area (Å²) in [6.45, 7) is 2.14. The van der Waals surface area contributed by atoms with E-state index >= 15 is 0 Å². The van der Waals surface area contributed by atoms with Crippen molar-refractivity contribution in [2.75, 3.05) is 18.6 Å². The van der Waals surface area contributed by atoms with Gasteiger partial charge in [0.2, 0.25) is 0 Å². The highest BCUT2D eigenvalue weighted by Gasteiger charge is 2.32. The Labute approximate surface area is 161 Å². The Hall–Kier alpha value is -2.99. The fourth-order valence-electron chi connectivity index (χ4n) is 3.31. The van der Waals surface area contributed by atoms with Gasteiger partial charge in [0.25, 0.3) is 0 Å². The van der Waals surface area contributed by atoms with Gasteiger partial charge in [0, 0.05) is 23.8 Å². The lowest BCUT2D eigenvalue weighted by Gasteiger charge is -2.19. The second-order valence-electron chi connectivity index (χ2n) is 6.54. The second-order valence-corrected chi connectivity index (χ2v) is 6.95. The first kappa shape index (κ1) is 17.4. The van der Waals surface area contributed by atoms with Crippen LogP contribution >= 0.6 is 11.6 Å². The van der Waals surface area contributed by atoms with E-state index in [1.807, 2.05) is 48.9 Å². The lowest BCUT2D eigenvalue weighted by molar-refractivity contribution is 0.411. The fourth-order valence-corrected chi connectivity index (χ4v) is 3.49. The maximum atomic E-state index is 10.6. The van der Waals surface area contributed by atoms with Crippen molar-refractivity contribution in [3.63, 3.8) is 0 Å². The normalized spacial score (nSPS) is 14.5. The SMILES string of the molecule is COc1ccc2c(c1)nc(C1=C(O)CN(c3ccc(C)c(Cl)c3)C1=N)n2C. The molecule has 1 aliphatic rings. The summed E-state index contributed by atoms with van der Waals surface area (Å²) in [6, 6.07) is 11.2. The predicted octanol–water partition coefficient (Wildman–Crippen LogP) is 4.31. The predicted molar refractivity (Wildman–Crippen MR) is 108 cm³/mol. The number of aromatic nitrogens is 2. The van der Waals surface area contributed by atoms with Crippen molar-refractivity contribution in [3.05, 3.63) is 58.6 Å². The number of imidazole rings is 1. The molecule has 7 heteroatoms. The zero-order chi connectivity index (χ0) is 19.3. The van der Waals surface area contributed by atoms with Gasteiger partial charge in [-0.1, -0.05) is 17.7 Å². The maximum Gasteiger partial charge on any atom is 0.148 e. The van der Waals surface area contributed by atoms with Gasteiger partial charge in [0.05, 0.1) is 30.3 Å². The van der Waals surface area contributed by atoms with Crippen molar-refractivity contribution in [1.82, 2.24) is 9.55 Å². The number of aliphatic hydroxyl groups is 1. The van der Waals surface area contributed by atoms with E-state index in [0.29, 0.717) is 22.2 Å². The smallest absolute Gasteiger partial charge is 0.148 e. The number of aryl methyl sites for hydroxylation is 2. The molecule has 6 nitrogen and oxygen atoms in total. The number of amidine groups is 1. The third-order valence-electron chi connectivity index (χ3n) is 4.88. The molecule has 4 rings (SSSR count). The highest BCUT2D eigenvalue weighted by atomic mass is 35.5. The Morgan fingerprint density at radius 2 is 2.00 bits per heavy atom. The van der Waals surface area contributed by atoms with Crippen molar-refractivity contribution < 1.29 is 9.84 Å². The molecule has 0 saturated carbocycles. The van der Waals surface area contributed by atoms with Crippen LogP contribution in [0.5, 0.6) is 5.75 Å². The van der Waals surface area contributed by atoms with Crippen molar-refractivity contribution in [3.8, 4) is 5.75 Å². The zero-order valence-electron chi connectivity index (χ0n) is 15.2. The largest absolute Gasteiger partial charge is 0.509 e. The first-order valence-electron chi connectivity index (χ1n) is 8.46. The van der Waals surface area contributed by atoms with Gasteiger partial charge in [-0.25, -0.2) is 4.98 Å². The monoisotopic (exact) mass is 382 g/mol. The van der Waals surface area contributed by atoms with Crippen molar-refractivity contribution >= 4 is 39.7 Å². The van der Waals surface area contributed by atoms with Crippen LogP contribution in [0.4, 0.5) is 5.69 Å². The lowest BCUT2D eigenvalue weighted by Crippen LogP contribution is -2.26. The average Bonchev–Trinajstić information content (AvgIpc) is 3.13. The molecule has 0 bridgehead atoms. The van der Waals surface area contributed by atoms with Crippen LogP contribution < -0.4 is 9.64 Å². The molecule has 0 radical (unpaired) electrons. The Kier molecular flexibility index (Phi) is 4.08. The summed E-state index contributed by atoms with van der Waals surface area (Å²) in [6.07, 6.45) is 0. The highest BCUT2D eigenvalue weighted by Crippen LogP contribution is 2.34. The molecule has 0 unspecified atom stereocenters. The number of anilines is 1. The number of nitrogens with one attached hydrogen (secondary N) is 1. The zero-order valence-corrected chi connectivity index (χ0v) is 16.0. The van der Waals surface area contributed by atoms with E-state index in [9.17, 15) is 5.11 Å². The van der Waals surface area contributed by atoms with Gasteiger partial charge in [-0.3, -0.25) is 5.41 Å². The summed E-state index contributed by atoms with van der Waals surface area (Å²) in [4.78, 5) is 6.35. The Balaban J connectivity index is 1.77.